The molecule has 156 valence electrons. The van der Waals surface area contributed by atoms with Gasteiger partial charge in [0.15, 0.2) is 5.11 Å². The van der Waals surface area contributed by atoms with Gasteiger partial charge in [-0.3, -0.25) is 0 Å². The second-order valence-electron chi connectivity index (χ2n) is 8.18. The molecule has 2 unspecified atom stereocenters. The second kappa shape index (κ2) is 10.2. The quantitative estimate of drug-likeness (QED) is 0.529. The van der Waals surface area contributed by atoms with Crippen LogP contribution in [0, 0.1) is 11.8 Å². The molecule has 28 heavy (non-hydrogen) atoms. The van der Waals surface area contributed by atoms with Crippen LogP contribution in [0.3, 0.4) is 0 Å². The fourth-order valence-electron chi connectivity index (χ4n) is 4.16. The molecule has 2 N–H and O–H groups in total. The van der Waals surface area contributed by atoms with Crippen molar-refractivity contribution in [3.63, 3.8) is 0 Å². The Balaban J connectivity index is 1.74. The van der Waals surface area contributed by atoms with Crippen LogP contribution < -0.4 is 20.4 Å². The summed E-state index contributed by atoms with van der Waals surface area (Å²) in [5, 5.41) is 6.95. The maximum absolute atomic E-state index is 5.43. The first-order chi connectivity index (χ1) is 13.5. The molecule has 0 amide bonds. The number of anilines is 3. The van der Waals surface area contributed by atoms with Crippen molar-refractivity contribution in [1.82, 2.24) is 15.3 Å². The van der Waals surface area contributed by atoms with Crippen molar-refractivity contribution in [2.45, 2.75) is 39.5 Å². The average Bonchev–Trinajstić information content (AvgIpc) is 3.19. The first kappa shape index (κ1) is 21.0. The molecule has 1 aromatic rings. The Kier molecular flexibility index (Phi) is 7.67. The first-order valence-corrected chi connectivity index (χ1v) is 10.9. The van der Waals surface area contributed by atoms with Gasteiger partial charge in [0, 0.05) is 52.5 Å². The highest BCUT2D eigenvalue weighted by Crippen LogP contribution is 2.29. The van der Waals surface area contributed by atoms with Crippen molar-refractivity contribution in [2.24, 2.45) is 11.8 Å². The monoisotopic (exact) mass is 406 g/mol. The van der Waals surface area contributed by atoms with Gasteiger partial charge >= 0.3 is 0 Å². The van der Waals surface area contributed by atoms with Gasteiger partial charge in [-0.15, -0.1) is 0 Å². The van der Waals surface area contributed by atoms with E-state index in [-0.39, 0.29) is 0 Å². The molecular formula is C20H34N6OS. The highest BCUT2D eigenvalue weighted by atomic mass is 32.1. The lowest BCUT2D eigenvalue weighted by Gasteiger charge is -2.36. The predicted octanol–water partition coefficient (Wildman–Crippen LogP) is 2.88. The standard InChI is InChI=1S/C20H34N6OS/c1-15-11-16(2)14-26(13-15)18-12-17(25-8-4-5-9-25)22-19(23-18)24-20(28)21-7-6-10-27-3/h12,15-16H,4-11,13-14H2,1-3H3,(H2,21,22,23,24,28). The van der Waals surface area contributed by atoms with E-state index in [1.54, 1.807) is 7.11 Å². The van der Waals surface area contributed by atoms with Gasteiger partial charge in [-0.1, -0.05) is 13.8 Å². The van der Waals surface area contributed by atoms with E-state index in [2.05, 4.69) is 40.3 Å². The minimum Gasteiger partial charge on any atom is -0.385 e. The fourth-order valence-corrected chi connectivity index (χ4v) is 4.36. The highest BCUT2D eigenvalue weighted by Gasteiger charge is 2.25. The number of nitrogens with zero attached hydrogens (tertiary/aromatic N) is 4. The van der Waals surface area contributed by atoms with Crippen molar-refractivity contribution in [2.75, 3.05) is 61.6 Å². The summed E-state index contributed by atoms with van der Waals surface area (Å²) in [6, 6.07) is 2.15. The molecule has 8 heteroatoms. The van der Waals surface area contributed by atoms with Crippen LogP contribution in [-0.2, 0) is 4.74 Å². The molecular weight excluding hydrogens is 372 g/mol. The van der Waals surface area contributed by atoms with Gasteiger partial charge in [0.05, 0.1) is 0 Å². The molecule has 3 rings (SSSR count). The SMILES string of the molecule is COCCCNC(=S)Nc1nc(N2CCCC2)cc(N2CC(C)CC(C)C2)n1. The number of rotatable bonds is 7. The largest absolute Gasteiger partial charge is 0.385 e. The maximum atomic E-state index is 5.43. The van der Waals surface area contributed by atoms with E-state index in [0.29, 0.717) is 29.5 Å². The molecule has 2 fully saturated rings. The summed E-state index contributed by atoms with van der Waals surface area (Å²) in [5.41, 5.74) is 0. The molecule has 0 radical (unpaired) electrons. The molecule has 1 aromatic heterocycles. The van der Waals surface area contributed by atoms with Crippen LogP contribution >= 0.6 is 12.2 Å². The molecule has 0 saturated carbocycles. The lowest BCUT2D eigenvalue weighted by molar-refractivity contribution is 0.196. The van der Waals surface area contributed by atoms with E-state index in [1.165, 1.54) is 19.3 Å². The van der Waals surface area contributed by atoms with E-state index in [9.17, 15) is 0 Å². The third kappa shape index (κ3) is 5.91. The summed E-state index contributed by atoms with van der Waals surface area (Å²) >= 11 is 5.43. The average molecular weight is 407 g/mol. The predicted molar refractivity (Wildman–Crippen MR) is 119 cm³/mol. The second-order valence-corrected chi connectivity index (χ2v) is 8.59. The Morgan fingerprint density at radius 1 is 1.14 bits per heavy atom. The topological polar surface area (TPSA) is 65.6 Å². The van der Waals surface area contributed by atoms with Gasteiger partial charge in [-0.05, 0) is 49.7 Å². The Bertz CT molecular complexity index is 642. The third-order valence-electron chi connectivity index (χ3n) is 5.36. The summed E-state index contributed by atoms with van der Waals surface area (Å²) in [5.74, 6) is 3.93. The Labute approximate surface area is 174 Å². The number of ether oxygens (including phenoxy) is 1. The normalized spacial score (nSPS) is 22.4. The zero-order valence-corrected chi connectivity index (χ0v) is 18.2. The molecule has 2 aliphatic heterocycles. The molecule has 7 nitrogen and oxygen atoms in total. The number of piperidine rings is 1. The molecule has 2 saturated heterocycles. The van der Waals surface area contributed by atoms with Crippen LogP contribution in [0.2, 0.25) is 0 Å². The van der Waals surface area contributed by atoms with Gasteiger partial charge in [0.2, 0.25) is 5.95 Å². The summed E-state index contributed by atoms with van der Waals surface area (Å²) in [7, 11) is 1.71. The fraction of sp³-hybridized carbons (Fsp3) is 0.750. The zero-order valence-electron chi connectivity index (χ0n) is 17.4. The summed E-state index contributed by atoms with van der Waals surface area (Å²) in [6.45, 7) is 10.3. The van der Waals surface area contributed by atoms with E-state index >= 15 is 0 Å². The molecule has 0 spiro atoms. The van der Waals surface area contributed by atoms with Crippen LogP contribution in [0.1, 0.15) is 39.5 Å². The van der Waals surface area contributed by atoms with Gasteiger partial charge in [0.25, 0.3) is 0 Å². The number of nitrogens with one attached hydrogen (secondary N) is 2. The van der Waals surface area contributed by atoms with Crippen LogP contribution in [0.5, 0.6) is 0 Å². The molecule has 2 atom stereocenters. The van der Waals surface area contributed by atoms with Crippen molar-refractivity contribution in [1.29, 1.82) is 0 Å². The van der Waals surface area contributed by atoms with Gasteiger partial charge in [-0.25, -0.2) is 0 Å². The van der Waals surface area contributed by atoms with E-state index in [0.717, 1.165) is 50.8 Å². The molecule has 2 aliphatic rings. The van der Waals surface area contributed by atoms with Crippen LogP contribution in [0.4, 0.5) is 17.6 Å². The van der Waals surface area contributed by atoms with Crippen LogP contribution in [0.25, 0.3) is 0 Å². The molecule has 0 bridgehead atoms. The zero-order chi connectivity index (χ0) is 19.9. The number of hydrogen-bond acceptors (Lipinski definition) is 6. The van der Waals surface area contributed by atoms with Crippen molar-refractivity contribution < 1.29 is 4.74 Å². The minimum atomic E-state index is 0.556. The lowest BCUT2D eigenvalue weighted by Crippen LogP contribution is -2.39. The van der Waals surface area contributed by atoms with Crippen molar-refractivity contribution in [3.05, 3.63) is 6.07 Å². The highest BCUT2D eigenvalue weighted by molar-refractivity contribution is 7.80. The Morgan fingerprint density at radius 2 is 1.79 bits per heavy atom. The Hall–Kier alpha value is -1.67. The van der Waals surface area contributed by atoms with E-state index < -0.39 is 0 Å². The Morgan fingerprint density at radius 3 is 2.43 bits per heavy atom. The lowest BCUT2D eigenvalue weighted by atomic mass is 9.92. The minimum absolute atomic E-state index is 0.556. The third-order valence-corrected chi connectivity index (χ3v) is 5.60. The van der Waals surface area contributed by atoms with Crippen molar-refractivity contribution >= 4 is 34.9 Å². The van der Waals surface area contributed by atoms with E-state index in [1.807, 2.05) is 0 Å². The van der Waals surface area contributed by atoms with Gasteiger partial charge in [0.1, 0.15) is 11.6 Å². The first-order valence-electron chi connectivity index (χ1n) is 10.5. The molecule has 0 aliphatic carbocycles. The number of thiocarbonyl (C=S) groups is 1. The summed E-state index contributed by atoms with van der Waals surface area (Å²) < 4.78 is 5.08. The molecule has 3 heterocycles. The molecule has 0 aromatic carbocycles. The van der Waals surface area contributed by atoms with Crippen LogP contribution in [0.15, 0.2) is 6.07 Å². The van der Waals surface area contributed by atoms with Gasteiger partial charge < -0.3 is 25.2 Å². The summed E-state index contributed by atoms with van der Waals surface area (Å²) in [4.78, 5) is 14.3. The summed E-state index contributed by atoms with van der Waals surface area (Å²) in [6.07, 6.45) is 4.63. The van der Waals surface area contributed by atoms with Gasteiger partial charge in [-0.2, -0.15) is 9.97 Å². The van der Waals surface area contributed by atoms with Crippen LogP contribution in [-0.4, -0.2) is 61.5 Å². The smallest absolute Gasteiger partial charge is 0.232 e. The number of hydrogen-bond donors (Lipinski definition) is 2. The van der Waals surface area contributed by atoms with Crippen molar-refractivity contribution in [3.8, 4) is 0 Å². The number of methoxy groups -OCH3 is 1. The van der Waals surface area contributed by atoms with E-state index in [4.69, 9.17) is 26.9 Å². The maximum Gasteiger partial charge on any atom is 0.232 e. The number of aromatic nitrogens is 2.